The fourth-order valence-electron chi connectivity index (χ4n) is 3.56. The number of fused-ring (bicyclic) bond motifs is 2. The number of hydrogen-bond donors (Lipinski definition) is 1. The van der Waals surface area contributed by atoms with Gasteiger partial charge in [-0.15, -0.1) is 0 Å². The second-order valence-electron chi connectivity index (χ2n) is 5.89. The van der Waals surface area contributed by atoms with Gasteiger partial charge >= 0.3 is 0 Å². The summed E-state index contributed by atoms with van der Waals surface area (Å²) in [5.74, 6) is 1.07. The van der Waals surface area contributed by atoms with Gasteiger partial charge in [0.05, 0.1) is 0 Å². The fourth-order valence-corrected chi connectivity index (χ4v) is 3.56. The van der Waals surface area contributed by atoms with Gasteiger partial charge in [0.1, 0.15) is 5.82 Å². The van der Waals surface area contributed by atoms with Crippen LogP contribution in [0.2, 0.25) is 0 Å². The Morgan fingerprint density at radius 1 is 1.28 bits per heavy atom. The summed E-state index contributed by atoms with van der Waals surface area (Å²) in [5, 5.41) is 3.66. The summed E-state index contributed by atoms with van der Waals surface area (Å²) in [4.78, 5) is 7.06. The van der Waals surface area contributed by atoms with E-state index >= 15 is 0 Å². The molecule has 2 aliphatic heterocycles. The number of nitrogens with zero attached hydrogens (tertiary/aromatic N) is 2. The predicted octanol–water partition coefficient (Wildman–Crippen LogP) is 2.82. The predicted molar refractivity (Wildman–Crippen MR) is 74.8 cm³/mol. The maximum Gasteiger partial charge on any atom is 0.129 e. The molecule has 2 fully saturated rings. The third-order valence-electron chi connectivity index (χ3n) is 4.69. The van der Waals surface area contributed by atoms with Crippen LogP contribution in [0.3, 0.4) is 0 Å². The Kier molecular flexibility index (Phi) is 3.25. The Morgan fingerprint density at radius 3 is 2.67 bits per heavy atom. The van der Waals surface area contributed by atoms with Gasteiger partial charge in [0.15, 0.2) is 0 Å². The van der Waals surface area contributed by atoms with E-state index in [0.29, 0.717) is 6.04 Å². The third kappa shape index (κ3) is 2.24. The maximum absolute atomic E-state index is 4.46. The monoisotopic (exact) mass is 245 g/mol. The summed E-state index contributed by atoms with van der Waals surface area (Å²) >= 11 is 0. The summed E-state index contributed by atoms with van der Waals surface area (Å²) < 4.78 is 0. The molecule has 2 unspecified atom stereocenters. The van der Waals surface area contributed by atoms with Gasteiger partial charge in [-0.2, -0.15) is 0 Å². The van der Waals surface area contributed by atoms with E-state index in [-0.39, 0.29) is 0 Å². The lowest BCUT2D eigenvalue weighted by Gasteiger charge is -2.47. The van der Waals surface area contributed by atoms with Crippen molar-refractivity contribution in [3.8, 4) is 0 Å². The van der Waals surface area contributed by atoms with E-state index in [4.69, 9.17) is 0 Å². The van der Waals surface area contributed by atoms with Crippen molar-refractivity contribution in [2.75, 3.05) is 12.4 Å². The first-order valence-corrected chi connectivity index (χ1v) is 7.14. The first-order chi connectivity index (χ1) is 8.74. The smallest absolute Gasteiger partial charge is 0.129 e. The van der Waals surface area contributed by atoms with Gasteiger partial charge in [-0.1, -0.05) is 12.5 Å². The van der Waals surface area contributed by atoms with Crippen LogP contribution in [0.15, 0.2) is 18.3 Å². The normalized spacial score (nSPS) is 32.2. The van der Waals surface area contributed by atoms with Crippen molar-refractivity contribution in [1.82, 2.24) is 9.88 Å². The number of nitrogens with one attached hydrogen (secondary N) is 1. The van der Waals surface area contributed by atoms with Gasteiger partial charge in [0.2, 0.25) is 0 Å². The Balaban J connectivity index is 1.70. The zero-order valence-electron chi connectivity index (χ0n) is 11.4. The highest BCUT2D eigenvalue weighted by atomic mass is 15.2. The number of piperidine rings is 2. The summed E-state index contributed by atoms with van der Waals surface area (Å²) in [5.41, 5.74) is 1.25. The number of pyridine rings is 1. The average molecular weight is 245 g/mol. The van der Waals surface area contributed by atoms with E-state index in [1.165, 1.54) is 37.7 Å². The molecular weight excluding hydrogens is 222 g/mol. The molecule has 3 rings (SSSR count). The van der Waals surface area contributed by atoms with Crippen molar-refractivity contribution in [2.24, 2.45) is 0 Å². The molecule has 2 atom stereocenters. The Morgan fingerprint density at radius 2 is 2.00 bits per heavy atom. The topological polar surface area (TPSA) is 28.2 Å². The number of aromatic nitrogens is 1. The lowest BCUT2D eigenvalue weighted by molar-refractivity contribution is 0.0608. The minimum Gasteiger partial charge on any atom is -0.367 e. The molecule has 3 nitrogen and oxygen atoms in total. The summed E-state index contributed by atoms with van der Waals surface area (Å²) in [6.07, 6.45) is 8.56. The molecule has 98 valence electrons. The molecule has 2 bridgehead atoms. The molecule has 2 saturated heterocycles. The molecule has 0 aliphatic carbocycles. The largest absolute Gasteiger partial charge is 0.367 e. The second kappa shape index (κ2) is 4.88. The van der Waals surface area contributed by atoms with Crippen molar-refractivity contribution < 1.29 is 0 Å². The molecule has 3 heteroatoms. The van der Waals surface area contributed by atoms with Crippen LogP contribution >= 0.6 is 0 Å². The standard InChI is InChI=1S/C15H23N3/c1-11-5-4-8-16-15(11)17-12-9-13-6-3-7-14(10-12)18(13)2/h4-5,8,12-14H,3,6-7,9-10H2,1-2H3,(H,16,17). The number of aryl methyl sites for hydroxylation is 1. The fraction of sp³-hybridized carbons (Fsp3) is 0.667. The van der Waals surface area contributed by atoms with Crippen LogP contribution in [0.5, 0.6) is 0 Å². The molecule has 1 aromatic heterocycles. The zero-order valence-corrected chi connectivity index (χ0v) is 11.4. The van der Waals surface area contributed by atoms with E-state index < -0.39 is 0 Å². The number of anilines is 1. The molecule has 0 amide bonds. The van der Waals surface area contributed by atoms with Crippen molar-refractivity contribution in [1.29, 1.82) is 0 Å². The van der Waals surface area contributed by atoms with E-state index in [1.54, 1.807) is 0 Å². The molecule has 1 aromatic rings. The minimum atomic E-state index is 0.602. The van der Waals surface area contributed by atoms with Gasteiger partial charge in [0.25, 0.3) is 0 Å². The number of rotatable bonds is 2. The van der Waals surface area contributed by atoms with Gasteiger partial charge in [-0.3, -0.25) is 0 Å². The van der Waals surface area contributed by atoms with Crippen LogP contribution in [-0.2, 0) is 0 Å². The molecule has 2 aliphatic rings. The van der Waals surface area contributed by atoms with Crippen molar-refractivity contribution in [3.63, 3.8) is 0 Å². The van der Waals surface area contributed by atoms with Crippen molar-refractivity contribution in [2.45, 2.75) is 57.2 Å². The van der Waals surface area contributed by atoms with Crippen molar-refractivity contribution >= 4 is 5.82 Å². The SMILES string of the molecule is Cc1cccnc1NC1CC2CCCC(C1)N2C. The van der Waals surface area contributed by atoms with Crippen LogP contribution in [0.4, 0.5) is 5.82 Å². The van der Waals surface area contributed by atoms with E-state index in [2.05, 4.69) is 35.2 Å². The molecule has 1 N–H and O–H groups in total. The Labute approximate surface area is 110 Å². The highest BCUT2D eigenvalue weighted by Crippen LogP contribution is 2.33. The summed E-state index contributed by atoms with van der Waals surface area (Å²) in [6, 6.07) is 6.29. The van der Waals surface area contributed by atoms with Gasteiger partial charge in [0, 0.05) is 24.3 Å². The summed E-state index contributed by atoms with van der Waals surface area (Å²) in [6.45, 7) is 2.13. The Bertz CT molecular complexity index is 404. The van der Waals surface area contributed by atoms with E-state index in [0.717, 1.165) is 17.9 Å². The lowest BCUT2D eigenvalue weighted by atomic mass is 9.82. The van der Waals surface area contributed by atoms with Crippen LogP contribution in [-0.4, -0.2) is 35.1 Å². The van der Waals surface area contributed by atoms with E-state index in [9.17, 15) is 0 Å². The van der Waals surface area contributed by atoms with Gasteiger partial charge in [-0.05, 0) is 51.3 Å². The molecular formula is C15H23N3. The van der Waals surface area contributed by atoms with Crippen LogP contribution < -0.4 is 5.32 Å². The lowest BCUT2D eigenvalue weighted by Crippen LogP contribution is -2.52. The quantitative estimate of drug-likeness (QED) is 0.868. The van der Waals surface area contributed by atoms with Crippen molar-refractivity contribution in [3.05, 3.63) is 23.9 Å². The minimum absolute atomic E-state index is 0.602. The second-order valence-corrected chi connectivity index (χ2v) is 5.89. The molecule has 18 heavy (non-hydrogen) atoms. The summed E-state index contributed by atoms with van der Waals surface area (Å²) in [7, 11) is 2.30. The highest BCUT2D eigenvalue weighted by Gasteiger charge is 2.35. The van der Waals surface area contributed by atoms with E-state index in [1.807, 2.05) is 12.3 Å². The molecule has 0 aromatic carbocycles. The van der Waals surface area contributed by atoms with Gasteiger partial charge < -0.3 is 10.2 Å². The molecule has 0 spiro atoms. The highest BCUT2D eigenvalue weighted by molar-refractivity contribution is 5.43. The number of hydrogen-bond acceptors (Lipinski definition) is 3. The molecule has 3 heterocycles. The Hall–Kier alpha value is -1.09. The van der Waals surface area contributed by atoms with Gasteiger partial charge in [-0.25, -0.2) is 4.98 Å². The molecule has 0 saturated carbocycles. The average Bonchev–Trinajstić information content (AvgIpc) is 2.33. The van der Waals surface area contributed by atoms with Crippen LogP contribution in [0.25, 0.3) is 0 Å². The maximum atomic E-state index is 4.46. The van der Waals surface area contributed by atoms with Crippen LogP contribution in [0.1, 0.15) is 37.7 Å². The first-order valence-electron chi connectivity index (χ1n) is 7.14. The first kappa shape index (κ1) is 12.0. The zero-order chi connectivity index (χ0) is 12.5. The van der Waals surface area contributed by atoms with Crippen LogP contribution in [0, 0.1) is 6.92 Å². The molecule has 0 radical (unpaired) electrons. The third-order valence-corrected chi connectivity index (χ3v) is 4.69.